The summed E-state index contributed by atoms with van der Waals surface area (Å²) in [6.45, 7) is 4.98. The zero-order valence-corrected chi connectivity index (χ0v) is 11.9. The Bertz CT molecular complexity index is 193. The molecule has 0 spiro atoms. The summed E-state index contributed by atoms with van der Waals surface area (Å²) in [5.74, 6) is 0.265. The lowest BCUT2D eigenvalue weighted by molar-refractivity contribution is -0.130. The molecule has 1 unspecified atom stereocenters. The quantitative estimate of drug-likeness (QED) is 0.599. The summed E-state index contributed by atoms with van der Waals surface area (Å²) in [7, 11) is 1.88. The van der Waals surface area contributed by atoms with Crippen molar-refractivity contribution < 1.29 is 4.79 Å². The van der Waals surface area contributed by atoms with Crippen molar-refractivity contribution >= 4 is 5.91 Å². The van der Waals surface area contributed by atoms with E-state index < -0.39 is 0 Å². The Hall–Kier alpha value is -0.570. The van der Waals surface area contributed by atoms with Gasteiger partial charge < -0.3 is 10.6 Å². The van der Waals surface area contributed by atoms with E-state index in [4.69, 9.17) is 5.73 Å². The molecule has 3 nitrogen and oxygen atoms in total. The lowest BCUT2D eigenvalue weighted by Crippen LogP contribution is -2.31. The maximum atomic E-state index is 11.7. The van der Waals surface area contributed by atoms with Gasteiger partial charge in [-0.3, -0.25) is 4.79 Å². The van der Waals surface area contributed by atoms with Crippen molar-refractivity contribution in [1.82, 2.24) is 4.90 Å². The number of nitrogens with two attached hydrogens (primary N) is 1. The minimum atomic E-state index is 0.180. The number of amides is 1. The Morgan fingerprint density at radius 3 is 2.35 bits per heavy atom. The van der Waals surface area contributed by atoms with Crippen molar-refractivity contribution in [1.29, 1.82) is 0 Å². The molecule has 0 aliphatic heterocycles. The van der Waals surface area contributed by atoms with Crippen LogP contribution in [0.1, 0.15) is 65.2 Å². The van der Waals surface area contributed by atoms with Crippen molar-refractivity contribution in [3.63, 3.8) is 0 Å². The van der Waals surface area contributed by atoms with Gasteiger partial charge in [0.2, 0.25) is 5.91 Å². The second-order valence-electron chi connectivity index (χ2n) is 5.10. The summed E-state index contributed by atoms with van der Waals surface area (Å²) in [5, 5.41) is 0. The topological polar surface area (TPSA) is 46.3 Å². The number of carbonyl (C=O) groups is 1. The molecule has 0 fully saturated rings. The van der Waals surface area contributed by atoms with Crippen LogP contribution in [0.5, 0.6) is 0 Å². The zero-order valence-electron chi connectivity index (χ0n) is 11.9. The van der Waals surface area contributed by atoms with Crippen LogP contribution in [0.15, 0.2) is 0 Å². The third-order valence-electron chi connectivity index (χ3n) is 3.09. The van der Waals surface area contributed by atoms with Crippen LogP contribution in [0.4, 0.5) is 0 Å². The molecule has 0 saturated carbocycles. The van der Waals surface area contributed by atoms with E-state index in [9.17, 15) is 4.79 Å². The Morgan fingerprint density at radius 1 is 1.18 bits per heavy atom. The van der Waals surface area contributed by atoms with Crippen molar-refractivity contribution in [2.24, 2.45) is 5.73 Å². The van der Waals surface area contributed by atoms with Gasteiger partial charge in [-0.1, -0.05) is 39.0 Å². The summed E-state index contributed by atoms with van der Waals surface area (Å²) in [6, 6.07) is 0.180. The predicted octanol–water partition coefficient (Wildman–Crippen LogP) is 2.93. The summed E-state index contributed by atoms with van der Waals surface area (Å²) in [5.41, 5.74) is 5.67. The minimum absolute atomic E-state index is 0.180. The molecule has 0 bridgehead atoms. The number of hydrogen-bond acceptors (Lipinski definition) is 2. The summed E-state index contributed by atoms with van der Waals surface area (Å²) in [4.78, 5) is 13.5. The highest BCUT2D eigenvalue weighted by atomic mass is 16.2. The fraction of sp³-hybridized carbons (Fsp3) is 0.929. The molecule has 2 N–H and O–H groups in total. The Balaban J connectivity index is 3.44. The summed E-state index contributed by atoms with van der Waals surface area (Å²) in [6.07, 6.45) is 8.98. The van der Waals surface area contributed by atoms with Crippen molar-refractivity contribution in [3.05, 3.63) is 0 Å². The van der Waals surface area contributed by atoms with E-state index in [1.165, 1.54) is 32.1 Å². The number of hydrogen-bond donors (Lipinski definition) is 1. The second-order valence-corrected chi connectivity index (χ2v) is 5.10. The van der Waals surface area contributed by atoms with Crippen LogP contribution in [0.25, 0.3) is 0 Å². The first-order chi connectivity index (χ1) is 8.07. The van der Waals surface area contributed by atoms with Gasteiger partial charge in [0, 0.05) is 26.1 Å². The third-order valence-corrected chi connectivity index (χ3v) is 3.09. The van der Waals surface area contributed by atoms with E-state index in [2.05, 4.69) is 6.92 Å². The van der Waals surface area contributed by atoms with Crippen LogP contribution in [-0.2, 0) is 4.79 Å². The fourth-order valence-corrected chi connectivity index (χ4v) is 1.77. The molecule has 0 aromatic carbocycles. The van der Waals surface area contributed by atoms with E-state index >= 15 is 0 Å². The van der Waals surface area contributed by atoms with Crippen molar-refractivity contribution in [2.45, 2.75) is 71.3 Å². The van der Waals surface area contributed by atoms with Crippen LogP contribution < -0.4 is 5.73 Å². The highest BCUT2D eigenvalue weighted by Crippen LogP contribution is 2.08. The van der Waals surface area contributed by atoms with E-state index in [0.717, 1.165) is 19.4 Å². The molecule has 0 aromatic rings. The van der Waals surface area contributed by atoms with Gasteiger partial charge in [-0.25, -0.2) is 0 Å². The molecule has 3 heteroatoms. The van der Waals surface area contributed by atoms with E-state index in [-0.39, 0.29) is 11.9 Å². The molecule has 0 heterocycles. The largest absolute Gasteiger partial charge is 0.346 e. The molecular formula is C14H30N2O. The normalized spacial score (nSPS) is 12.5. The van der Waals surface area contributed by atoms with Gasteiger partial charge in [-0.05, 0) is 19.8 Å². The lowest BCUT2D eigenvalue weighted by atomic mass is 10.1. The molecule has 0 aliphatic rings. The third kappa shape index (κ3) is 10.3. The Morgan fingerprint density at radius 2 is 1.76 bits per heavy atom. The van der Waals surface area contributed by atoms with Crippen LogP contribution in [0.2, 0.25) is 0 Å². The Kier molecular flexibility index (Phi) is 10.2. The number of carbonyl (C=O) groups excluding carboxylic acids is 1. The van der Waals surface area contributed by atoms with E-state index in [1.807, 2.05) is 18.9 Å². The van der Waals surface area contributed by atoms with E-state index in [1.54, 1.807) is 0 Å². The lowest BCUT2D eigenvalue weighted by Gasteiger charge is -2.18. The Labute approximate surface area is 107 Å². The van der Waals surface area contributed by atoms with Gasteiger partial charge in [0.05, 0.1) is 0 Å². The summed E-state index contributed by atoms with van der Waals surface area (Å²) < 4.78 is 0. The molecule has 0 saturated heterocycles. The van der Waals surface area contributed by atoms with E-state index in [0.29, 0.717) is 6.42 Å². The molecule has 0 aromatic heterocycles. The predicted molar refractivity (Wildman–Crippen MR) is 73.9 cm³/mol. The van der Waals surface area contributed by atoms with Crippen LogP contribution >= 0.6 is 0 Å². The van der Waals surface area contributed by atoms with Crippen LogP contribution in [0.3, 0.4) is 0 Å². The number of unbranched alkanes of at least 4 members (excludes halogenated alkanes) is 5. The first kappa shape index (κ1) is 16.4. The van der Waals surface area contributed by atoms with Crippen molar-refractivity contribution in [3.8, 4) is 0 Å². The van der Waals surface area contributed by atoms with Gasteiger partial charge in [0.15, 0.2) is 0 Å². The highest BCUT2D eigenvalue weighted by Gasteiger charge is 2.08. The smallest absolute Gasteiger partial charge is 0.222 e. The van der Waals surface area contributed by atoms with Crippen LogP contribution in [-0.4, -0.2) is 30.4 Å². The molecule has 1 amide bonds. The fourth-order valence-electron chi connectivity index (χ4n) is 1.77. The molecule has 102 valence electrons. The van der Waals surface area contributed by atoms with Crippen molar-refractivity contribution in [2.75, 3.05) is 13.6 Å². The number of rotatable bonds is 10. The van der Waals surface area contributed by atoms with Gasteiger partial charge >= 0.3 is 0 Å². The second kappa shape index (κ2) is 10.6. The minimum Gasteiger partial charge on any atom is -0.346 e. The SMILES string of the molecule is CCCCCCCCC(=O)N(C)CCC(C)N. The first-order valence-corrected chi connectivity index (χ1v) is 7.07. The summed E-state index contributed by atoms with van der Waals surface area (Å²) >= 11 is 0. The molecule has 0 aliphatic carbocycles. The molecule has 17 heavy (non-hydrogen) atoms. The monoisotopic (exact) mass is 242 g/mol. The van der Waals surface area contributed by atoms with Gasteiger partial charge in [-0.2, -0.15) is 0 Å². The maximum Gasteiger partial charge on any atom is 0.222 e. The highest BCUT2D eigenvalue weighted by molar-refractivity contribution is 5.75. The van der Waals surface area contributed by atoms with Crippen LogP contribution in [0, 0.1) is 0 Å². The zero-order chi connectivity index (χ0) is 13.1. The average molecular weight is 242 g/mol. The first-order valence-electron chi connectivity index (χ1n) is 7.07. The molecular weight excluding hydrogens is 212 g/mol. The standard InChI is InChI=1S/C14H30N2O/c1-4-5-6-7-8-9-10-14(17)16(3)12-11-13(2)15/h13H,4-12,15H2,1-3H3. The average Bonchev–Trinajstić information content (AvgIpc) is 2.30. The molecule has 0 rings (SSSR count). The van der Waals surface area contributed by atoms with Gasteiger partial charge in [0.1, 0.15) is 0 Å². The number of nitrogens with zero attached hydrogens (tertiary/aromatic N) is 1. The molecule has 1 atom stereocenters. The maximum absolute atomic E-state index is 11.7. The van der Waals surface area contributed by atoms with Gasteiger partial charge in [0.25, 0.3) is 0 Å². The van der Waals surface area contributed by atoms with Gasteiger partial charge in [-0.15, -0.1) is 0 Å². The molecule has 0 radical (unpaired) electrons.